The zero-order chi connectivity index (χ0) is 9.84. The van der Waals surface area contributed by atoms with Crippen LogP contribution in [0.1, 0.15) is 40.0 Å². The van der Waals surface area contributed by atoms with Crippen LogP contribution in [0, 0.1) is 5.92 Å². The van der Waals surface area contributed by atoms with Gasteiger partial charge >= 0.3 is 0 Å². The minimum atomic E-state index is 0.164. The first-order valence-electron chi connectivity index (χ1n) is 5.03. The van der Waals surface area contributed by atoms with Gasteiger partial charge in [0, 0.05) is 6.54 Å². The molecule has 0 saturated heterocycles. The van der Waals surface area contributed by atoms with Gasteiger partial charge in [0.1, 0.15) is 0 Å². The Balaban J connectivity index is 2.51. The highest BCUT2D eigenvalue weighted by Crippen LogP contribution is 2.14. The van der Waals surface area contributed by atoms with Crippen molar-refractivity contribution in [2.75, 3.05) is 6.54 Å². The normalized spacial score (nSPS) is 17.1. The Kier molecular flexibility index (Phi) is 3.46. The van der Waals surface area contributed by atoms with Gasteiger partial charge in [0.05, 0.1) is 12.1 Å². The van der Waals surface area contributed by atoms with E-state index in [4.69, 9.17) is 0 Å². The summed E-state index contributed by atoms with van der Waals surface area (Å²) in [5.41, 5.74) is 1.03. The monoisotopic (exact) mass is 182 g/mol. The molecule has 74 valence electrons. The molecule has 1 rings (SSSR count). The number of hydrogen-bond donors (Lipinski definition) is 0. The van der Waals surface area contributed by atoms with Crippen molar-refractivity contribution >= 4 is 11.6 Å². The number of carbonyl (C=O) groups excluding carboxylic acids is 1. The highest BCUT2D eigenvalue weighted by atomic mass is 16.2. The van der Waals surface area contributed by atoms with Crippen molar-refractivity contribution in [3.63, 3.8) is 0 Å². The first kappa shape index (κ1) is 10.2. The summed E-state index contributed by atoms with van der Waals surface area (Å²) in [4.78, 5) is 11.4. The molecule has 3 nitrogen and oxygen atoms in total. The van der Waals surface area contributed by atoms with E-state index in [-0.39, 0.29) is 5.91 Å². The topological polar surface area (TPSA) is 32.7 Å². The minimum Gasteiger partial charge on any atom is -0.273 e. The third-order valence-corrected chi connectivity index (χ3v) is 2.26. The van der Waals surface area contributed by atoms with Crippen molar-refractivity contribution in [3.05, 3.63) is 0 Å². The Morgan fingerprint density at radius 2 is 2.23 bits per heavy atom. The molecule has 0 aromatic heterocycles. The Morgan fingerprint density at radius 3 is 2.69 bits per heavy atom. The molecule has 0 atom stereocenters. The van der Waals surface area contributed by atoms with Gasteiger partial charge in [-0.05, 0) is 12.3 Å². The third-order valence-electron chi connectivity index (χ3n) is 2.26. The summed E-state index contributed by atoms with van der Waals surface area (Å²) in [5.74, 6) is 0.563. The number of carbonyl (C=O) groups is 1. The number of unbranched alkanes of at least 4 members (excludes halogenated alkanes) is 1. The lowest BCUT2D eigenvalue weighted by atomic mass is 10.1. The predicted molar refractivity (Wildman–Crippen MR) is 53.5 cm³/mol. The van der Waals surface area contributed by atoms with E-state index in [1.165, 1.54) is 0 Å². The van der Waals surface area contributed by atoms with Gasteiger partial charge in [0.2, 0.25) is 5.91 Å². The molecule has 1 heterocycles. The Bertz CT molecular complexity index is 221. The van der Waals surface area contributed by atoms with Crippen molar-refractivity contribution in [2.45, 2.75) is 40.0 Å². The largest absolute Gasteiger partial charge is 0.273 e. The molecular formula is C10H18N2O. The molecule has 0 aromatic rings. The summed E-state index contributed by atoms with van der Waals surface area (Å²) in [6.45, 7) is 7.06. The summed E-state index contributed by atoms with van der Waals surface area (Å²) in [6.07, 6.45) is 2.68. The Morgan fingerprint density at radius 1 is 1.54 bits per heavy atom. The van der Waals surface area contributed by atoms with Gasteiger partial charge in [-0.3, -0.25) is 4.79 Å². The zero-order valence-electron chi connectivity index (χ0n) is 8.71. The molecule has 0 aromatic carbocycles. The lowest BCUT2D eigenvalue weighted by Gasteiger charge is -2.09. The van der Waals surface area contributed by atoms with Crippen LogP contribution in [0.2, 0.25) is 0 Å². The van der Waals surface area contributed by atoms with Gasteiger partial charge in [-0.15, -0.1) is 0 Å². The maximum Gasteiger partial charge on any atom is 0.248 e. The number of hydrazone groups is 1. The van der Waals surface area contributed by atoms with Crippen LogP contribution in [-0.4, -0.2) is 23.2 Å². The number of hydrogen-bond acceptors (Lipinski definition) is 2. The summed E-state index contributed by atoms with van der Waals surface area (Å²) in [7, 11) is 0. The molecule has 0 spiro atoms. The maximum atomic E-state index is 11.4. The molecule has 0 bridgehead atoms. The van der Waals surface area contributed by atoms with Crippen LogP contribution in [0.4, 0.5) is 0 Å². The van der Waals surface area contributed by atoms with E-state index < -0.39 is 0 Å². The van der Waals surface area contributed by atoms with Crippen molar-refractivity contribution in [1.82, 2.24) is 5.01 Å². The number of nitrogens with zero attached hydrogens (tertiary/aromatic N) is 2. The van der Waals surface area contributed by atoms with E-state index in [1.54, 1.807) is 5.01 Å². The van der Waals surface area contributed by atoms with Crippen LogP contribution in [-0.2, 0) is 4.79 Å². The quantitative estimate of drug-likeness (QED) is 0.654. The van der Waals surface area contributed by atoms with Crippen molar-refractivity contribution < 1.29 is 4.79 Å². The highest BCUT2D eigenvalue weighted by Gasteiger charge is 2.24. The van der Waals surface area contributed by atoms with E-state index in [2.05, 4.69) is 25.9 Å². The molecule has 0 N–H and O–H groups in total. The molecule has 0 unspecified atom stereocenters. The lowest BCUT2D eigenvalue weighted by Crippen LogP contribution is -2.21. The van der Waals surface area contributed by atoms with Crippen LogP contribution in [0.25, 0.3) is 0 Å². The van der Waals surface area contributed by atoms with Crippen LogP contribution in [0.3, 0.4) is 0 Å². The van der Waals surface area contributed by atoms with E-state index in [1.807, 2.05) is 0 Å². The number of rotatable bonds is 4. The van der Waals surface area contributed by atoms with Crippen molar-refractivity contribution in [2.24, 2.45) is 11.0 Å². The summed E-state index contributed by atoms with van der Waals surface area (Å²) < 4.78 is 0. The fourth-order valence-corrected chi connectivity index (χ4v) is 1.29. The van der Waals surface area contributed by atoms with E-state index in [0.29, 0.717) is 12.3 Å². The Hall–Kier alpha value is -0.860. The highest BCUT2D eigenvalue weighted by molar-refractivity contribution is 6.05. The molecule has 1 aliphatic rings. The second-order valence-corrected chi connectivity index (χ2v) is 3.79. The lowest BCUT2D eigenvalue weighted by molar-refractivity contribution is -0.128. The van der Waals surface area contributed by atoms with Crippen molar-refractivity contribution in [1.29, 1.82) is 0 Å². The molecule has 0 radical (unpaired) electrons. The summed E-state index contributed by atoms with van der Waals surface area (Å²) in [6, 6.07) is 0. The fraction of sp³-hybridized carbons (Fsp3) is 0.800. The van der Waals surface area contributed by atoms with Gasteiger partial charge < -0.3 is 0 Å². The average molecular weight is 182 g/mol. The van der Waals surface area contributed by atoms with Crippen LogP contribution >= 0.6 is 0 Å². The first-order chi connectivity index (χ1) is 6.15. The molecule has 1 aliphatic heterocycles. The zero-order valence-corrected chi connectivity index (χ0v) is 8.71. The molecule has 0 aliphatic carbocycles. The van der Waals surface area contributed by atoms with Crippen LogP contribution in [0.5, 0.6) is 0 Å². The van der Waals surface area contributed by atoms with E-state index >= 15 is 0 Å². The summed E-state index contributed by atoms with van der Waals surface area (Å²) >= 11 is 0. The second-order valence-electron chi connectivity index (χ2n) is 3.79. The Labute approximate surface area is 79.8 Å². The van der Waals surface area contributed by atoms with Crippen LogP contribution < -0.4 is 0 Å². The van der Waals surface area contributed by atoms with Crippen LogP contribution in [0.15, 0.2) is 5.10 Å². The molecule has 0 saturated carbocycles. The first-order valence-corrected chi connectivity index (χ1v) is 5.03. The minimum absolute atomic E-state index is 0.164. The number of amides is 1. The maximum absolute atomic E-state index is 11.4. The van der Waals surface area contributed by atoms with E-state index in [0.717, 1.165) is 25.1 Å². The molecule has 0 fully saturated rings. The van der Waals surface area contributed by atoms with Gasteiger partial charge in [0.15, 0.2) is 0 Å². The third kappa shape index (κ3) is 2.54. The second kappa shape index (κ2) is 4.40. The fourth-order valence-electron chi connectivity index (χ4n) is 1.29. The molecule has 13 heavy (non-hydrogen) atoms. The van der Waals surface area contributed by atoms with E-state index in [9.17, 15) is 4.79 Å². The molecular weight excluding hydrogens is 164 g/mol. The standard InChI is InChI=1S/C10H18N2O/c1-4-5-6-12-10(13)7-9(11-12)8(2)3/h8H,4-7H2,1-3H3. The molecule has 3 heteroatoms. The van der Waals surface area contributed by atoms with Gasteiger partial charge in [-0.1, -0.05) is 27.2 Å². The van der Waals surface area contributed by atoms with Crippen molar-refractivity contribution in [3.8, 4) is 0 Å². The SMILES string of the molecule is CCCCN1N=C(C(C)C)CC1=O. The summed E-state index contributed by atoms with van der Waals surface area (Å²) in [5, 5.41) is 5.93. The molecule has 1 amide bonds. The predicted octanol–water partition coefficient (Wildman–Crippen LogP) is 2.03. The van der Waals surface area contributed by atoms with Gasteiger partial charge in [-0.2, -0.15) is 5.10 Å². The smallest absolute Gasteiger partial charge is 0.248 e. The average Bonchev–Trinajstić information content (AvgIpc) is 2.44. The van der Waals surface area contributed by atoms with Gasteiger partial charge in [-0.25, -0.2) is 5.01 Å². The van der Waals surface area contributed by atoms with Gasteiger partial charge in [0.25, 0.3) is 0 Å².